The Hall–Kier alpha value is -0.570. The number of amides is 1. The van der Waals surface area contributed by atoms with Crippen molar-refractivity contribution in [3.05, 3.63) is 0 Å². The van der Waals surface area contributed by atoms with Gasteiger partial charge in [-0.2, -0.15) is 0 Å². The zero-order valence-corrected chi connectivity index (χ0v) is 4.35. The van der Waals surface area contributed by atoms with Gasteiger partial charge in [0.1, 0.15) is 0 Å². The first-order chi connectivity index (χ1) is 3.18. The average Bonchev–Trinajstić information content (AvgIpc) is 1.65. The summed E-state index contributed by atoms with van der Waals surface area (Å²) in [6.45, 7) is 1.81. The summed E-state index contributed by atoms with van der Waals surface area (Å²) in [7, 11) is 0. The summed E-state index contributed by atoms with van der Waals surface area (Å²) in [4.78, 5) is 10.0. The molecule has 0 fully saturated rings. The van der Waals surface area contributed by atoms with Crippen LogP contribution in [0.2, 0.25) is 0 Å². The first kappa shape index (κ1) is 10.4. The summed E-state index contributed by atoms with van der Waals surface area (Å²) in [6.07, 6.45) is 0.620. The van der Waals surface area contributed by atoms with Crippen LogP contribution in [0.3, 0.4) is 0 Å². The van der Waals surface area contributed by atoms with Gasteiger partial charge in [0.15, 0.2) is 0 Å². The largest absolute Gasteiger partial charge is 0.368 e. The van der Waals surface area contributed by atoms with Gasteiger partial charge in [0, 0.05) is 0 Å². The molecular weight excluding hydrogens is 104 g/mol. The van der Waals surface area contributed by atoms with E-state index in [1.165, 1.54) is 0 Å². The molecule has 3 nitrogen and oxygen atoms in total. The van der Waals surface area contributed by atoms with E-state index in [1.807, 2.05) is 6.92 Å². The number of hydrogen-bond acceptors (Lipinski definition) is 2. The second-order valence-electron chi connectivity index (χ2n) is 1.42. The number of nitrogens with two attached hydrogens (primary N) is 2. The Bertz CT molecular complexity index is 72.8. The molecule has 0 saturated heterocycles. The monoisotopic (exact) mass is 118 g/mol. The van der Waals surface area contributed by atoms with Crippen LogP contribution in [0.1, 0.15) is 20.8 Å². The minimum atomic E-state index is -0.458. The van der Waals surface area contributed by atoms with Crippen LogP contribution in [0, 0.1) is 0 Å². The van der Waals surface area contributed by atoms with Gasteiger partial charge in [-0.3, -0.25) is 4.79 Å². The minimum absolute atomic E-state index is 0. The van der Waals surface area contributed by atoms with E-state index in [2.05, 4.69) is 0 Å². The van der Waals surface area contributed by atoms with Crippen molar-refractivity contribution < 1.29 is 4.79 Å². The van der Waals surface area contributed by atoms with Crippen LogP contribution in [0.4, 0.5) is 0 Å². The zero-order chi connectivity index (χ0) is 5.86. The van der Waals surface area contributed by atoms with Gasteiger partial charge in [-0.05, 0) is 6.42 Å². The van der Waals surface area contributed by atoms with Crippen LogP contribution in [0.25, 0.3) is 0 Å². The first-order valence-corrected chi connectivity index (χ1v) is 2.23. The van der Waals surface area contributed by atoms with Gasteiger partial charge >= 0.3 is 0 Å². The third kappa shape index (κ3) is 3.61. The molecule has 8 heavy (non-hydrogen) atoms. The average molecular weight is 118 g/mol. The van der Waals surface area contributed by atoms with Crippen LogP contribution in [-0.2, 0) is 4.79 Å². The molecule has 1 unspecified atom stereocenters. The van der Waals surface area contributed by atoms with Gasteiger partial charge in [-0.1, -0.05) is 14.4 Å². The van der Waals surface area contributed by atoms with E-state index in [0.29, 0.717) is 6.42 Å². The van der Waals surface area contributed by atoms with Crippen molar-refractivity contribution in [2.24, 2.45) is 11.5 Å². The first-order valence-electron chi connectivity index (χ1n) is 2.23. The molecule has 0 bridgehead atoms. The number of primary amides is 1. The fraction of sp³-hybridized carbons (Fsp3) is 0.800. The number of carbonyl (C=O) groups is 1. The number of carbonyl (C=O) groups excluding carboxylic acids is 1. The Morgan fingerprint density at radius 3 is 2.12 bits per heavy atom. The molecule has 0 aromatic heterocycles. The van der Waals surface area contributed by atoms with Gasteiger partial charge in [-0.15, -0.1) is 0 Å². The number of rotatable bonds is 2. The third-order valence-corrected chi connectivity index (χ3v) is 0.805. The molecule has 50 valence electrons. The van der Waals surface area contributed by atoms with E-state index < -0.39 is 11.9 Å². The smallest absolute Gasteiger partial charge is 0.234 e. The molecule has 0 aromatic carbocycles. The molecule has 0 aromatic rings. The Morgan fingerprint density at radius 2 is 2.12 bits per heavy atom. The van der Waals surface area contributed by atoms with E-state index in [0.717, 1.165) is 0 Å². The molecule has 0 aliphatic heterocycles. The van der Waals surface area contributed by atoms with E-state index in [1.54, 1.807) is 0 Å². The van der Waals surface area contributed by atoms with Crippen molar-refractivity contribution in [3.63, 3.8) is 0 Å². The topological polar surface area (TPSA) is 69.1 Å². The van der Waals surface area contributed by atoms with Crippen molar-refractivity contribution in [1.29, 1.82) is 0 Å². The summed E-state index contributed by atoms with van der Waals surface area (Å²) in [5.41, 5.74) is 9.92. The van der Waals surface area contributed by atoms with Crippen molar-refractivity contribution in [3.8, 4) is 0 Å². The fourth-order valence-corrected chi connectivity index (χ4v) is 0.201. The van der Waals surface area contributed by atoms with Crippen LogP contribution < -0.4 is 11.5 Å². The molecule has 1 amide bonds. The molecule has 0 aliphatic carbocycles. The van der Waals surface area contributed by atoms with E-state index in [-0.39, 0.29) is 7.43 Å². The Morgan fingerprint density at radius 1 is 1.75 bits per heavy atom. The standard InChI is InChI=1S/C4H10N2O.CH4/c1-2-3(5)4(6)7;/h3H,2,5H2,1H3,(H2,6,7);1H4. The molecule has 0 heterocycles. The molecule has 0 aliphatic rings. The van der Waals surface area contributed by atoms with Crippen LogP contribution >= 0.6 is 0 Å². The summed E-state index contributed by atoms with van der Waals surface area (Å²) in [5, 5.41) is 0. The van der Waals surface area contributed by atoms with Gasteiger partial charge in [-0.25, -0.2) is 0 Å². The molecule has 1 atom stereocenters. The Kier molecular flexibility index (Phi) is 5.97. The van der Waals surface area contributed by atoms with Crippen molar-refractivity contribution >= 4 is 5.91 Å². The van der Waals surface area contributed by atoms with Crippen molar-refractivity contribution in [2.75, 3.05) is 0 Å². The lowest BCUT2D eigenvalue weighted by Crippen LogP contribution is -2.35. The zero-order valence-electron chi connectivity index (χ0n) is 4.35. The normalized spacial score (nSPS) is 11.8. The molecular formula is C5H14N2O. The Balaban J connectivity index is 0. The highest BCUT2D eigenvalue weighted by Crippen LogP contribution is 1.80. The summed E-state index contributed by atoms with van der Waals surface area (Å²) in [6, 6.07) is -0.458. The lowest BCUT2D eigenvalue weighted by atomic mass is 10.2. The Labute approximate surface area is 50.0 Å². The predicted molar refractivity (Wildman–Crippen MR) is 34.2 cm³/mol. The number of hydrogen-bond donors (Lipinski definition) is 2. The quantitative estimate of drug-likeness (QED) is 0.529. The van der Waals surface area contributed by atoms with Gasteiger partial charge in [0.2, 0.25) is 5.91 Å². The molecule has 4 N–H and O–H groups in total. The van der Waals surface area contributed by atoms with Gasteiger partial charge < -0.3 is 11.5 Å². The summed E-state index contributed by atoms with van der Waals surface area (Å²) >= 11 is 0. The highest BCUT2D eigenvalue weighted by Gasteiger charge is 2.02. The lowest BCUT2D eigenvalue weighted by molar-refractivity contribution is -0.119. The van der Waals surface area contributed by atoms with Gasteiger partial charge in [0.25, 0.3) is 0 Å². The van der Waals surface area contributed by atoms with Crippen LogP contribution in [0.5, 0.6) is 0 Å². The second kappa shape index (κ2) is 4.59. The SMILES string of the molecule is C.CCC(N)C(N)=O. The summed E-state index contributed by atoms with van der Waals surface area (Å²) in [5.74, 6) is -0.428. The van der Waals surface area contributed by atoms with Gasteiger partial charge in [0.05, 0.1) is 6.04 Å². The maximum atomic E-state index is 10.0. The third-order valence-electron chi connectivity index (χ3n) is 0.805. The van der Waals surface area contributed by atoms with Crippen LogP contribution in [0.15, 0.2) is 0 Å². The fourth-order valence-electron chi connectivity index (χ4n) is 0.201. The van der Waals surface area contributed by atoms with E-state index >= 15 is 0 Å². The molecule has 0 saturated carbocycles. The maximum Gasteiger partial charge on any atom is 0.234 e. The lowest BCUT2D eigenvalue weighted by Gasteiger charge is -1.98. The van der Waals surface area contributed by atoms with E-state index in [4.69, 9.17) is 11.5 Å². The maximum absolute atomic E-state index is 10.0. The highest BCUT2D eigenvalue weighted by atomic mass is 16.1. The van der Waals surface area contributed by atoms with E-state index in [9.17, 15) is 4.79 Å². The molecule has 0 radical (unpaired) electrons. The highest BCUT2D eigenvalue weighted by molar-refractivity contribution is 5.79. The van der Waals surface area contributed by atoms with Crippen molar-refractivity contribution in [2.45, 2.75) is 26.8 Å². The molecule has 0 rings (SSSR count). The molecule has 0 spiro atoms. The molecule has 3 heteroatoms. The van der Waals surface area contributed by atoms with Crippen molar-refractivity contribution in [1.82, 2.24) is 0 Å². The second-order valence-corrected chi connectivity index (χ2v) is 1.42. The van der Waals surface area contributed by atoms with Crippen LogP contribution in [-0.4, -0.2) is 11.9 Å². The summed E-state index contributed by atoms with van der Waals surface area (Å²) < 4.78 is 0. The minimum Gasteiger partial charge on any atom is -0.368 e. The predicted octanol–water partition coefficient (Wildman–Crippen LogP) is -0.155.